The molecule has 0 saturated carbocycles. The Labute approximate surface area is 193 Å². The number of hydrogen-bond acceptors (Lipinski definition) is 7. The molecule has 0 saturated heterocycles. The van der Waals surface area contributed by atoms with E-state index in [0.29, 0.717) is 23.4 Å². The van der Waals surface area contributed by atoms with Crippen LogP contribution in [-0.4, -0.2) is 32.5 Å². The topological polar surface area (TPSA) is 172 Å². The Bertz CT molecular complexity index is 1080. The van der Waals surface area contributed by atoms with E-state index in [1.807, 2.05) is 34.6 Å². The van der Waals surface area contributed by atoms with Crippen molar-refractivity contribution in [1.29, 1.82) is 0 Å². The molecular weight excluding hydrogens is 422 g/mol. The van der Waals surface area contributed by atoms with Crippen LogP contribution in [0.25, 0.3) is 11.4 Å². The number of primary amides is 1. The van der Waals surface area contributed by atoms with E-state index in [0.717, 1.165) is 0 Å². The fourth-order valence-electron chi connectivity index (χ4n) is 3.31. The fraction of sp³-hybridized carbons (Fsp3) is 0.435. The van der Waals surface area contributed by atoms with Crippen LogP contribution in [0.2, 0.25) is 0 Å². The van der Waals surface area contributed by atoms with Gasteiger partial charge in [0.05, 0.1) is 11.6 Å². The van der Waals surface area contributed by atoms with Crippen LogP contribution < -0.4 is 22.5 Å². The Morgan fingerprint density at radius 1 is 1.15 bits per heavy atom. The van der Waals surface area contributed by atoms with Crippen molar-refractivity contribution in [3.63, 3.8) is 0 Å². The number of carbonyl (C=O) groups is 3. The average molecular weight is 456 g/mol. The molecule has 2 aromatic heterocycles. The third-order valence-electron chi connectivity index (χ3n) is 4.90. The lowest BCUT2D eigenvalue weighted by Crippen LogP contribution is -2.33. The van der Waals surface area contributed by atoms with Crippen molar-refractivity contribution in [3.8, 4) is 11.4 Å². The third-order valence-corrected chi connectivity index (χ3v) is 4.90. The standard InChI is InChI=1S/C23H33N7O3/c1-12(2)30-20(25)18(21(26)32)19(29-30)16-8-7-14(11-27-16)13(3)22(33)28-17(31)9-15(24)10-23(4,5)6/h7-9,11-13H,10,24-25H2,1-6H3,(H2,26,32)(H,28,31,33). The van der Waals surface area contributed by atoms with Crippen molar-refractivity contribution >= 4 is 23.5 Å². The van der Waals surface area contributed by atoms with Crippen LogP contribution in [-0.2, 0) is 9.59 Å². The van der Waals surface area contributed by atoms with Gasteiger partial charge in [0.15, 0.2) is 0 Å². The first-order valence-corrected chi connectivity index (χ1v) is 10.7. The highest BCUT2D eigenvalue weighted by Gasteiger charge is 2.24. The van der Waals surface area contributed by atoms with Crippen molar-refractivity contribution in [1.82, 2.24) is 20.1 Å². The zero-order valence-corrected chi connectivity index (χ0v) is 20.0. The van der Waals surface area contributed by atoms with Gasteiger partial charge in [-0.2, -0.15) is 5.10 Å². The summed E-state index contributed by atoms with van der Waals surface area (Å²) in [6.45, 7) is 11.4. The molecule has 10 nitrogen and oxygen atoms in total. The maximum atomic E-state index is 12.5. The predicted molar refractivity (Wildman–Crippen MR) is 127 cm³/mol. The number of nitrogens with one attached hydrogen (secondary N) is 1. The molecule has 33 heavy (non-hydrogen) atoms. The summed E-state index contributed by atoms with van der Waals surface area (Å²) in [6, 6.07) is 3.22. The number of carbonyl (C=O) groups excluding carboxylic acids is 3. The Kier molecular flexibility index (Phi) is 7.63. The molecule has 0 aliphatic rings. The van der Waals surface area contributed by atoms with Gasteiger partial charge in [-0.15, -0.1) is 0 Å². The van der Waals surface area contributed by atoms with E-state index in [2.05, 4.69) is 15.4 Å². The summed E-state index contributed by atoms with van der Waals surface area (Å²) in [5.41, 5.74) is 19.1. The summed E-state index contributed by atoms with van der Waals surface area (Å²) in [4.78, 5) is 40.9. The summed E-state index contributed by atoms with van der Waals surface area (Å²) in [7, 11) is 0. The molecule has 0 spiro atoms. The predicted octanol–water partition coefficient (Wildman–Crippen LogP) is 2.23. The Balaban J connectivity index is 2.19. The molecule has 0 bridgehead atoms. The van der Waals surface area contributed by atoms with E-state index in [9.17, 15) is 14.4 Å². The summed E-state index contributed by atoms with van der Waals surface area (Å²) in [5.74, 6) is -2.24. The van der Waals surface area contributed by atoms with E-state index in [1.165, 1.54) is 17.0 Å². The number of aromatic nitrogens is 3. The Morgan fingerprint density at radius 3 is 2.27 bits per heavy atom. The van der Waals surface area contributed by atoms with Crippen molar-refractivity contribution in [3.05, 3.63) is 41.2 Å². The molecule has 0 aliphatic heterocycles. The minimum absolute atomic E-state index is 0.0738. The Hall–Kier alpha value is -3.69. The molecule has 0 radical (unpaired) electrons. The van der Waals surface area contributed by atoms with Gasteiger partial charge in [0.2, 0.25) is 5.91 Å². The van der Waals surface area contributed by atoms with Crippen molar-refractivity contribution in [2.75, 3.05) is 5.73 Å². The number of hydrogen-bond donors (Lipinski definition) is 4. The lowest BCUT2D eigenvalue weighted by Gasteiger charge is -2.18. The molecule has 0 aromatic carbocycles. The van der Waals surface area contributed by atoms with E-state index in [4.69, 9.17) is 17.2 Å². The summed E-state index contributed by atoms with van der Waals surface area (Å²) in [5, 5.41) is 6.72. The first-order valence-electron chi connectivity index (χ1n) is 10.7. The number of imide groups is 1. The number of nitrogens with zero attached hydrogens (tertiary/aromatic N) is 3. The van der Waals surface area contributed by atoms with E-state index >= 15 is 0 Å². The van der Waals surface area contributed by atoms with E-state index < -0.39 is 23.6 Å². The van der Waals surface area contributed by atoms with E-state index in [-0.39, 0.29) is 28.5 Å². The highest BCUT2D eigenvalue weighted by atomic mass is 16.2. The third kappa shape index (κ3) is 6.41. The zero-order chi connectivity index (χ0) is 25.1. The van der Waals surface area contributed by atoms with Crippen molar-refractivity contribution < 1.29 is 14.4 Å². The summed E-state index contributed by atoms with van der Waals surface area (Å²) < 4.78 is 1.51. The molecule has 2 aromatic rings. The monoisotopic (exact) mass is 455 g/mol. The second-order valence-electron chi connectivity index (χ2n) is 9.52. The van der Waals surface area contributed by atoms with E-state index in [1.54, 1.807) is 19.1 Å². The van der Waals surface area contributed by atoms with Crippen LogP contribution in [0.1, 0.15) is 75.8 Å². The molecule has 10 heteroatoms. The highest BCUT2D eigenvalue weighted by Crippen LogP contribution is 2.28. The molecule has 2 rings (SSSR count). The molecule has 0 aliphatic carbocycles. The van der Waals surface area contributed by atoms with Crippen LogP contribution >= 0.6 is 0 Å². The SMILES string of the molecule is CC(C(=O)NC(=O)C=C(N)CC(C)(C)C)c1ccc(-c2nn(C(C)C)c(N)c2C(N)=O)nc1. The second kappa shape index (κ2) is 9.85. The van der Waals surface area contributed by atoms with Crippen LogP contribution in [0.4, 0.5) is 5.82 Å². The second-order valence-corrected chi connectivity index (χ2v) is 9.52. The smallest absolute Gasteiger partial charge is 0.254 e. The highest BCUT2D eigenvalue weighted by molar-refractivity contribution is 6.04. The molecule has 1 unspecified atom stereocenters. The van der Waals surface area contributed by atoms with Gasteiger partial charge in [-0.3, -0.25) is 24.7 Å². The molecule has 3 amide bonds. The fourth-order valence-corrected chi connectivity index (χ4v) is 3.31. The molecule has 7 N–H and O–H groups in total. The van der Waals surface area contributed by atoms with Crippen LogP contribution in [0.5, 0.6) is 0 Å². The minimum atomic E-state index is -0.703. The minimum Gasteiger partial charge on any atom is -0.402 e. The van der Waals surface area contributed by atoms with Gasteiger partial charge in [-0.25, -0.2) is 4.68 Å². The molecule has 0 fully saturated rings. The van der Waals surface area contributed by atoms with Crippen LogP contribution in [0.15, 0.2) is 30.1 Å². The van der Waals surface area contributed by atoms with Gasteiger partial charge in [0, 0.05) is 24.0 Å². The van der Waals surface area contributed by atoms with Gasteiger partial charge in [0.25, 0.3) is 11.8 Å². The zero-order valence-electron chi connectivity index (χ0n) is 20.0. The number of anilines is 1. The van der Waals surface area contributed by atoms with Gasteiger partial charge in [-0.1, -0.05) is 26.8 Å². The lowest BCUT2D eigenvalue weighted by molar-refractivity contribution is -0.128. The maximum absolute atomic E-state index is 12.5. The van der Waals surface area contributed by atoms with Crippen LogP contribution in [0, 0.1) is 5.41 Å². The largest absolute Gasteiger partial charge is 0.402 e. The first kappa shape index (κ1) is 25.6. The molecule has 2 heterocycles. The number of nitrogen functional groups attached to an aromatic ring is 1. The summed E-state index contributed by atoms with van der Waals surface area (Å²) >= 11 is 0. The first-order chi connectivity index (χ1) is 15.2. The number of amides is 3. The van der Waals surface area contributed by atoms with Gasteiger partial charge in [0.1, 0.15) is 17.1 Å². The maximum Gasteiger partial charge on any atom is 0.254 e. The Morgan fingerprint density at radius 2 is 1.79 bits per heavy atom. The van der Waals surface area contributed by atoms with Crippen molar-refractivity contribution in [2.24, 2.45) is 16.9 Å². The van der Waals surface area contributed by atoms with Gasteiger partial charge in [-0.05, 0) is 44.2 Å². The average Bonchev–Trinajstić information content (AvgIpc) is 3.03. The van der Waals surface area contributed by atoms with Crippen LogP contribution in [0.3, 0.4) is 0 Å². The lowest BCUT2D eigenvalue weighted by atomic mass is 9.90. The summed E-state index contributed by atoms with van der Waals surface area (Å²) in [6.07, 6.45) is 3.25. The van der Waals surface area contributed by atoms with Gasteiger partial charge >= 0.3 is 0 Å². The number of allylic oxidation sites excluding steroid dienone is 1. The number of pyridine rings is 1. The van der Waals surface area contributed by atoms with Gasteiger partial charge < -0.3 is 17.2 Å². The quantitative estimate of drug-likeness (QED) is 0.463. The normalized spacial score (nSPS) is 13.1. The molecule has 178 valence electrons. The molecular formula is C23H33N7O3. The molecule has 1 atom stereocenters. The van der Waals surface area contributed by atoms with Crippen molar-refractivity contribution in [2.45, 2.75) is 59.9 Å². The number of rotatable bonds is 7. The number of nitrogens with two attached hydrogens (primary N) is 3.